The van der Waals surface area contributed by atoms with Crippen molar-refractivity contribution in [2.24, 2.45) is 5.92 Å². The van der Waals surface area contributed by atoms with E-state index in [-0.39, 0.29) is 11.9 Å². The van der Waals surface area contributed by atoms with Crippen LogP contribution in [-0.2, 0) is 9.53 Å². The summed E-state index contributed by atoms with van der Waals surface area (Å²) in [6.07, 6.45) is 8.44. The Hall–Kier alpha value is -3.60. The first kappa shape index (κ1) is 30.9. The van der Waals surface area contributed by atoms with Crippen molar-refractivity contribution in [3.05, 3.63) is 83.9 Å². The molecule has 0 fully saturated rings. The summed E-state index contributed by atoms with van der Waals surface area (Å²) in [6.45, 7) is 9.35. The normalized spacial score (nSPS) is 12.4. The fraction of sp³-hybridized carbons (Fsp3) is 0.429. The highest BCUT2D eigenvalue weighted by molar-refractivity contribution is 5.91. The number of unbranched alkanes of at least 4 members (excludes halogenated alkanes) is 5. The maximum Gasteiger partial charge on any atom is 0.343 e. The summed E-state index contributed by atoms with van der Waals surface area (Å²) < 4.78 is 16.8. The van der Waals surface area contributed by atoms with Crippen LogP contribution in [0.25, 0.3) is 11.1 Å². The number of esters is 2. The van der Waals surface area contributed by atoms with E-state index in [2.05, 4.69) is 20.8 Å². The van der Waals surface area contributed by atoms with Crippen molar-refractivity contribution in [2.45, 2.75) is 78.6 Å². The Kier molecular flexibility index (Phi) is 12.8. The zero-order valence-corrected chi connectivity index (χ0v) is 24.5. The molecule has 0 spiro atoms. The molecule has 3 aromatic rings. The van der Waals surface area contributed by atoms with Gasteiger partial charge in [-0.2, -0.15) is 0 Å². The Labute approximate surface area is 239 Å². The molecule has 3 rings (SSSR count). The summed E-state index contributed by atoms with van der Waals surface area (Å²) in [7, 11) is 0. The van der Waals surface area contributed by atoms with E-state index in [0.717, 1.165) is 41.9 Å². The van der Waals surface area contributed by atoms with Crippen LogP contribution in [-0.4, -0.2) is 25.2 Å². The molecule has 40 heavy (non-hydrogen) atoms. The van der Waals surface area contributed by atoms with E-state index in [1.54, 1.807) is 36.4 Å². The first-order valence-corrected chi connectivity index (χ1v) is 14.7. The molecule has 0 radical (unpaired) electrons. The fourth-order valence-electron chi connectivity index (χ4n) is 4.21. The van der Waals surface area contributed by atoms with E-state index < -0.39 is 5.97 Å². The summed E-state index contributed by atoms with van der Waals surface area (Å²) in [5.74, 6) is 0.573. The van der Waals surface area contributed by atoms with Gasteiger partial charge in [-0.15, -0.1) is 0 Å². The van der Waals surface area contributed by atoms with Gasteiger partial charge in [-0.25, -0.2) is 4.79 Å². The SMILES string of the molecule is CCCCCCCCOc1ccc(-c2ccc(C(=O)Oc3ccc(C(C)C(=O)OCC(C)CC)cc3)cc2)cc1. The number of hydrogen-bond acceptors (Lipinski definition) is 5. The Morgan fingerprint density at radius 3 is 1.90 bits per heavy atom. The molecule has 0 heterocycles. The second kappa shape index (κ2) is 16.5. The molecule has 0 bridgehead atoms. The lowest BCUT2D eigenvalue weighted by atomic mass is 10.0. The highest BCUT2D eigenvalue weighted by atomic mass is 16.5. The monoisotopic (exact) mass is 544 g/mol. The molecule has 3 aromatic carbocycles. The zero-order chi connectivity index (χ0) is 28.7. The lowest BCUT2D eigenvalue weighted by molar-refractivity contribution is -0.146. The molecule has 2 unspecified atom stereocenters. The minimum atomic E-state index is -0.432. The summed E-state index contributed by atoms with van der Waals surface area (Å²) in [6, 6.07) is 22.4. The molecule has 0 saturated carbocycles. The quantitative estimate of drug-likeness (QED) is 0.102. The van der Waals surface area contributed by atoms with E-state index in [4.69, 9.17) is 14.2 Å². The van der Waals surface area contributed by atoms with Gasteiger partial charge >= 0.3 is 11.9 Å². The maximum atomic E-state index is 12.7. The smallest absolute Gasteiger partial charge is 0.343 e. The number of carbonyl (C=O) groups is 2. The van der Waals surface area contributed by atoms with E-state index in [1.165, 1.54) is 32.1 Å². The molecule has 5 nitrogen and oxygen atoms in total. The average Bonchev–Trinajstić information content (AvgIpc) is 2.99. The molecule has 0 N–H and O–H groups in total. The lowest BCUT2D eigenvalue weighted by Crippen LogP contribution is -2.17. The van der Waals surface area contributed by atoms with Crippen molar-refractivity contribution in [3.63, 3.8) is 0 Å². The first-order valence-electron chi connectivity index (χ1n) is 14.7. The molecular weight excluding hydrogens is 500 g/mol. The number of benzene rings is 3. The van der Waals surface area contributed by atoms with Crippen LogP contribution in [0.1, 0.15) is 94.5 Å². The number of rotatable bonds is 16. The van der Waals surface area contributed by atoms with Gasteiger partial charge in [0.1, 0.15) is 11.5 Å². The third kappa shape index (κ3) is 9.86. The van der Waals surface area contributed by atoms with Gasteiger partial charge in [0, 0.05) is 0 Å². The van der Waals surface area contributed by atoms with Crippen LogP contribution in [0, 0.1) is 5.92 Å². The van der Waals surface area contributed by atoms with Crippen molar-refractivity contribution in [1.82, 2.24) is 0 Å². The minimum absolute atomic E-state index is 0.250. The number of hydrogen-bond donors (Lipinski definition) is 0. The molecule has 5 heteroatoms. The average molecular weight is 545 g/mol. The molecular formula is C35H44O5. The standard InChI is InChI=1S/C35H44O5/c1-5-7-8-9-10-11-24-38-32-20-18-30(19-21-32)29-12-14-31(15-13-29)35(37)40-33-22-16-28(17-23-33)27(4)34(36)39-25-26(3)6-2/h12-23,26-27H,5-11,24-25H2,1-4H3. The van der Waals surface area contributed by atoms with E-state index in [0.29, 0.717) is 23.8 Å². The Morgan fingerprint density at radius 2 is 1.27 bits per heavy atom. The van der Waals surface area contributed by atoms with E-state index >= 15 is 0 Å². The van der Waals surface area contributed by atoms with Crippen molar-refractivity contribution in [2.75, 3.05) is 13.2 Å². The van der Waals surface area contributed by atoms with Crippen molar-refractivity contribution in [3.8, 4) is 22.6 Å². The molecule has 0 amide bonds. The largest absolute Gasteiger partial charge is 0.494 e. The van der Waals surface area contributed by atoms with E-state index in [9.17, 15) is 9.59 Å². The van der Waals surface area contributed by atoms with Gasteiger partial charge in [0.25, 0.3) is 0 Å². The third-order valence-corrected chi connectivity index (χ3v) is 7.23. The summed E-state index contributed by atoms with van der Waals surface area (Å²) >= 11 is 0. The zero-order valence-electron chi connectivity index (χ0n) is 24.5. The predicted octanol–water partition coefficient (Wildman–Crippen LogP) is 9.00. The molecule has 0 saturated heterocycles. The number of ether oxygens (including phenoxy) is 3. The van der Waals surface area contributed by atoms with Crippen LogP contribution in [0.2, 0.25) is 0 Å². The second-order valence-corrected chi connectivity index (χ2v) is 10.5. The van der Waals surface area contributed by atoms with Crippen molar-refractivity contribution < 1.29 is 23.8 Å². The Bertz CT molecular complexity index is 1170. The van der Waals surface area contributed by atoms with Gasteiger partial charge in [-0.1, -0.05) is 95.7 Å². The van der Waals surface area contributed by atoms with Crippen molar-refractivity contribution >= 4 is 11.9 Å². The molecule has 0 aliphatic rings. The van der Waals surface area contributed by atoms with Gasteiger partial charge < -0.3 is 14.2 Å². The molecule has 0 aliphatic carbocycles. The van der Waals surface area contributed by atoms with E-state index in [1.807, 2.05) is 43.3 Å². The van der Waals surface area contributed by atoms with Gasteiger partial charge in [-0.3, -0.25) is 4.79 Å². The highest BCUT2D eigenvalue weighted by Gasteiger charge is 2.18. The van der Waals surface area contributed by atoms with Gasteiger partial charge in [-0.05, 0) is 72.4 Å². The molecule has 0 aliphatic heterocycles. The van der Waals surface area contributed by atoms with Crippen LogP contribution in [0.3, 0.4) is 0 Å². The van der Waals surface area contributed by atoms with Crippen LogP contribution in [0.5, 0.6) is 11.5 Å². The topological polar surface area (TPSA) is 61.8 Å². The Morgan fingerprint density at radius 1 is 0.700 bits per heavy atom. The number of carbonyl (C=O) groups excluding carboxylic acids is 2. The molecule has 2 atom stereocenters. The van der Waals surface area contributed by atoms with Crippen LogP contribution in [0.4, 0.5) is 0 Å². The highest BCUT2D eigenvalue weighted by Crippen LogP contribution is 2.25. The fourth-order valence-corrected chi connectivity index (χ4v) is 4.21. The van der Waals surface area contributed by atoms with Crippen LogP contribution < -0.4 is 9.47 Å². The summed E-state index contributed by atoms with van der Waals surface area (Å²) in [5.41, 5.74) is 3.35. The first-order chi connectivity index (χ1) is 19.4. The van der Waals surface area contributed by atoms with Gasteiger partial charge in [0.05, 0.1) is 24.7 Å². The Balaban J connectivity index is 1.48. The summed E-state index contributed by atoms with van der Waals surface area (Å²) in [5, 5.41) is 0. The maximum absolute atomic E-state index is 12.7. The van der Waals surface area contributed by atoms with Gasteiger partial charge in [0.2, 0.25) is 0 Å². The van der Waals surface area contributed by atoms with Crippen molar-refractivity contribution in [1.29, 1.82) is 0 Å². The predicted molar refractivity (Wildman–Crippen MR) is 161 cm³/mol. The lowest BCUT2D eigenvalue weighted by Gasteiger charge is -2.14. The van der Waals surface area contributed by atoms with Crippen LogP contribution in [0.15, 0.2) is 72.8 Å². The summed E-state index contributed by atoms with van der Waals surface area (Å²) in [4.78, 5) is 25.0. The molecule has 0 aromatic heterocycles. The van der Waals surface area contributed by atoms with Gasteiger partial charge in [0.15, 0.2) is 0 Å². The third-order valence-electron chi connectivity index (χ3n) is 7.23. The van der Waals surface area contributed by atoms with Crippen LogP contribution >= 0.6 is 0 Å². The second-order valence-electron chi connectivity index (χ2n) is 10.5. The molecule has 214 valence electrons. The minimum Gasteiger partial charge on any atom is -0.494 e.